The number of nitrogens with zero attached hydrogens (tertiary/aromatic N) is 3. The van der Waals surface area contributed by atoms with Crippen molar-refractivity contribution in [2.45, 2.75) is 11.6 Å². The molecule has 0 amide bonds. The number of carboxylic acids is 1. The van der Waals surface area contributed by atoms with E-state index in [0.29, 0.717) is 12.4 Å². The van der Waals surface area contributed by atoms with Crippen LogP contribution in [0.1, 0.15) is 16.8 Å². The Balaban J connectivity index is 1.45. The first-order valence-electron chi connectivity index (χ1n) is 8.19. The molecule has 6 nitrogen and oxygen atoms in total. The minimum atomic E-state index is -0.938. The van der Waals surface area contributed by atoms with Crippen molar-refractivity contribution in [3.8, 4) is 17.1 Å². The van der Waals surface area contributed by atoms with Crippen LogP contribution in [0, 0.1) is 0 Å². The van der Waals surface area contributed by atoms with Crippen molar-refractivity contribution in [2.75, 3.05) is 12.4 Å². The smallest absolute Gasteiger partial charge is 0.335 e. The van der Waals surface area contributed by atoms with Crippen LogP contribution >= 0.6 is 11.8 Å². The Hall–Kier alpha value is -2.80. The summed E-state index contributed by atoms with van der Waals surface area (Å²) >= 11 is 1.64. The number of aromatic nitrogens is 3. The summed E-state index contributed by atoms with van der Waals surface area (Å²) in [6, 6.07) is 16.4. The van der Waals surface area contributed by atoms with E-state index in [0.717, 1.165) is 28.7 Å². The van der Waals surface area contributed by atoms with Gasteiger partial charge in [0.2, 0.25) is 0 Å². The number of carboxylic acid groups (broad SMARTS) is 1. The topological polar surface area (TPSA) is 77.2 Å². The number of rotatable bonds is 8. The largest absolute Gasteiger partial charge is 0.494 e. The van der Waals surface area contributed by atoms with Crippen molar-refractivity contribution in [1.82, 2.24) is 14.8 Å². The maximum absolute atomic E-state index is 10.8. The molecule has 0 aliphatic rings. The molecule has 0 saturated heterocycles. The van der Waals surface area contributed by atoms with E-state index in [2.05, 4.69) is 10.2 Å². The van der Waals surface area contributed by atoms with Gasteiger partial charge in [-0.25, -0.2) is 4.79 Å². The Kier molecular flexibility index (Phi) is 5.91. The molecule has 0 bridgehead atoms. The fraction of sp³-hybridized carbons (Fsp3) is 0.211. The van der Waals surface area contributed by atoms with Crippen molar-refractivity contribution < 1.29 is 14.6 Å². The number of thioether (sulfide) groups is 1. The zero-order valence-corrected chi connectivity index (χ0v) is 15.1. The standard InChI is InChI=1S/C19H19N3O3S/c1-22-17(14-6-3-2-4-7-14)20-21-19(22)26-13-5-12-25-16-10-8-15(9-11-16)18(23)24/h2-4,6-11H,5,12-13H2,1H3,(H,23,24). The Morgan fingerprint density at radius 3 is 2.54 bits per heavy atom. The first-order chi connectivity index (χ1) is 12.6. The molecule has 3 rings (SSSR count). The zero-order valence-electron chi connectivity index (χ0n) is 14.3. The molecule has 1 N–H and O–H groups in total. The molecule has 0 fully saturated rings. The van der Waals surface area contributed by atoms with Crippen LogP contribution in [0.25, 0.3) is 11.4 Å². The quantitative estimate of drug-likeness (QED) is 0.481. The summed E-state index contributed by atoms with van der Waals surface area (Å²) in [5.74, 6) is 1.44. The Morgan fingerprint density at radius 2 is 1.85 bits per heavy atom. The van der Waals surface area contributed by atoms with Crippen LogP contribution in [0.4, 0.5) is 0 Å². The van der Waals surface area contributed by atoms with Crippen molar-refractivity contribution in [1.29, 1.82) is 0 Å². The van der Waals surface area contributed by atoms with Gasteiger partial charge in [-0.15, -0.1) is 10.2 Å². The van der Waals surface area contributed by atoms with Crippen molar-refractivity contribution in [3.05, 3.63) is 60.2 Å². The van der Waals surface area contributed by atoms with Gasteiger partial charge < -0.3 is 14.4 Å². The number of benzene rings is 2. The molecule has 0 saturated carbocycles. The highest BCUT2D eigenvalue weighted by Gasteiger charge is 2.10. The Bertz CT molecular complexity index is 863. The van der Waals surface area contributed by atoms with Crippen LogP contribution in [-0.4, -0.2) is 38.2 Å². The second kappa shape index (κ2) is 8.53. The van der Waals surface area contributed by atoms with Crippen molar-refractivity contribution >= 4 is 17.7 Å². The lowest BCUT2D eigenvalue weighted by Gasteiger charge is -2.06. The molecule has 0 aliphatic carbocycles. The summed E-state index contributed by atoms with van der Waals surface area (Å²) in [5.41, 5.74) is 1.30. The fourth-order valence-corrected chi connectivity index (χ4v) is 3.21. The van der Waals surface area contributed by atoms with Gasteiger partial charge in [0.25, 0.3) is 0 Å². The lowest BCUT2D eigenvalue weighted by atomic mass is 10.2. The van der Waals surface area contributed by atoms with Gasteiger partial charge in [0.15, 0.2) is 11.0 Å². The normalized spacial score (nSPS) is 10.7. The van der Waals surface area contributed by atoms with E-state index >= 15 is 0 Å². The summed E-state index contributed by atoms with van der Waals surface area (Å²) in [7, 11) is 1.96. The van der Waals surface area contributed by atoms with Gasteiger partial charge in [-0.2, -0.15) is 0 Å². The van der Waals surface area contributed by atoms with Crippen molar-refractivity contribution in [2.24, 2.45) is 7.05 Å². The summed E-state index contributed by atoms with van der Waals surface area (Å²) in [5, 5.41) is 18.3. The maximum atomic E-state index is 10.8. The van der Waals surface area contributed by atoms with Crippen LogP contribution in [0.5, 0.6) is 5.75 Å². The number of ether oxygens (including phenoxy) is 1. The third-order valence-corrected chi connectivity index (χ3v) is 4.86. The van der Waals surface area contributed by atoms with E-state index < -0.39 is 5.97 Å². The minimum Gasteiger partial charge on any atom is -0.494 e. The number of carbonyl (C=O) groups is 1. The molecular formula is C19H19N3O3S. The van der Waals surface area contributed by atoms with E-state index in [9.17, 15) is 4.79 Å². The average molecular weight is 369 g/mol. The summed E-state index contributed by atoms with van der Waals surface area (Å²) in [4.78, 5) is 10.8. The lowest BCUT2D eigenvalue weighted by Crippen LogP contribution is -2.01. The maximum Gasteiger partial charge on any atom is 0.335 e. The van der Waals surface area contributed by atoms with E-state index in [-0.39, 0.29) is 5.56 Å². The predicted molar refractivity (Wildman–Crippen MR) is 101 cm³/mol. The van der Waals surface area contributed by atoms with Crippen LogP contribution in [0.3, 0.4) is 0 Å². The molecule has 0 atom stereocenters. The van der Waals surface area contributed by atoms with E-state index in [1.807, 2.05) is 41.9 Å². The van der Waals surface area contributed by atoms with Crippen LogP contribution < -0.4 is 4.74 Å². The molecule has 0 aliphatic heterocycles. The Morgan fingerprint density at radius 1 is 1.12 bits per heavy atom. The first-order valence-corrected chi connectivity index (χ1v) is 9.17. The van der Waals surface area contributed by atoms with E-state index in [4.69, 9.17) is 9.84 Å². The molecule has 1 aromatic heterocycles. The van der Waals surface area contributed by atoms with Crippen molar-refractivity contribution in [3.63, 3.8) is 0 Å². The van der Waals surface area contributed by atoms with Crippen LogP contribution in [-0.2, 0) is 7.05 Å². The van der Waals surface area contributed by atoms with E-state index in [1.165, 1.54) is 12.1 Å². The average Bonchev–Trinajstić information content (AvgIpc) is 3.03. The molecule has 0 spiro atoms. The molecule has 0 radical (unpaired) electrons. The second-order valence-electron chi connectivity index (χ2n) is 5.61. The van der Waals surface area contributed by atoms with Gasteiger partial charge in [-0.1, -0.05) is 42.1 Å². The van der Waals surface area contributed by atoms with Gasteiger partial charge in [0.1, 0.15) is 5.75 Å². The monoisotopic (exact) mass is 369 g/mol. The highest BCUT2D eigenvalue weighted by Crippen LogP contribution is 2.23. The van der Waals surface area contributed by atoms with Gasteiger partial charge in [-0.3, -0.25) is 0 Å². The molecular weight excluding hydrogens is 350 g/mol. The SMILES string of the molecule is Cn1c(SCCCOc2ccc(C(=O)O)cc2)nnc1-c1ccccc1. The first kappa shape index (κ1) is 18.0. The third kappa shape index (κ3) is 4.43. The molecule has 2 aromatic carbocycles. The molecule has 134 valence electrons. The highest BCUT2D eigenvalue weighted by atomic mass is 32.2. The van der Waals surface area contributed by atoms with Gasteiger partial charge in [-0.05, 0) is 30.7 Å². The third-order valence-electron chi connectivity index (χ3n) is 3.76. The second-order valence-corrected chi connectivity index (χ2v) is 6.67. The summed E-state index contributed by atoms with van der Waals surface area (Å²) in [6.07, 6.45) is 0.846. The molecule has 7 heteroatoms. The van der Waals surface area contributed by atoms with Crippen LogP contribution in [0.15, 0.2) is 59.8 Å². The van der Waals surface area contributed by atoms with Crippen LogP contribution in [0.2, 0.25) is 0 Å². The summed E-state index contributed by atoms with van der Waals surface area (Å²) in [6.45, 7) is 0.558. The Labute approximate surface area is 155 Å². The van der Waals surface area contributed by atoms with Gasteiger partial charge in [0.05, 0.1) is 12.2 Å². The molecule has 0 unspecified atom stereocenters. The summed E-state index contributed by atoms with van der Waals surface area (Å²) < 4.78 is 7.63. The fourth-order valence-electron chi connectivity index (χ4n) is 2.39. The van der Waals surface area contributed by atoms with E-state index in [1.54, 1.807) is 23.9 Å². The number of hydrogen-bond donors (Lipinski definition) is 1. The van der Waals surface area contributed by atoms with Gasteiger partial charge in [0, 0.05) is 18.4 Å². The number of aromatic carboxylic acids is 1. The van der Waals surface area contributed by atoms with Gasteiger partial charge >= 0.3 is 5.97 Å². The predicted octanol–water partition coefficient (Wildman–Crippen LogP) is 3.74. The molecule has 3 aromatic rings. The zero-order chi connectivity index (χ0) is 18.4. The molecule has 1 heterocycles. The minimum absolute atomic E-state index is 0.254. The highest BCUT2D eigenvalue weighted by molar-refractivity contribution is 7.99. The molecule has 26 heavy (non-hydrogen) atoms. The number of hydrogen-bond acceptors (Lipinski definition) is 5. The lowest BCUT2D eigenvalue weighted by molar-refractivity contribution is 0.0697.